The Bertz CT molecular complexity index is 429. The van der Waals surface area contributed by atoms with Crippen molar-refractivity contribution in [1.29, 1.82) is 0 Å². The predicted octanol–water partition coefficient (Wildman–Crippen LogP) is 2.66. The minimum atomic E-state index is -4.72. The van der Waals surface area contributed by atoms with Crippen molar-refractivity contribution in [3.8, 4) is 0 Å². The van der Waals surface area contributed by atoms with Crippen LogP contribution in [0.25, 0.3) is 0 Å². The molecule has 0 radical (unpaired) electrons. The van der Waals surface area contributed by atoms with Gasteiger partial charge >= 0.3 is 12.1 Å². The zero-order valence-corrected chi connectivity index (χ0v) is 10.8. The van der Waals surface area contributed by atoms with E-state index in [9.17, 15) is 18.0 Å². The molecule has 0 aliphatic rings. The Balaban J connectivity index is 2.96. The third-order valence-corrected chi connectivity index (χ3v) is 2.35. The van der Waals surface area contributed by atoms with Crippen LogP contribution in [0.5, 0.6) is 0 Å². The molecule has 0 amide bonds. The van der Waals surface area contributed by atoms with Crippen molar-refractivity contribution < 1.29 is 22.7 Å². The van der Waals surface area contributed by atoms with E-state index in [-0.39, 0.29) is 13.2 Å². The smallest absolute Gasteiger partial charge is 0.437 e. The van der Waals surface area contributed by atoms with E-state index in [0.717, 1.165) is 17.6 Å². The summed E-state index contributed by atoms with van der Waals surface area (Å²) >= 11 is 0. The molecule has 0 saturated heterocycles. The highest BCUT2D eigenvalue weighted by atomic mass is 19.4. The van der Waals surface area contributed by atoms with Crippen LogP contribution in [-0.4, -0.2) is 27.6 Å². The van der Waals surface area contributed by atoms with Crippen LogP contribution in [0.2, 0.25) is 0 Å². The van der Waals surface area contributed by atoms with Crippen LogP contribution in [0.3, 0.4) is 0 Å². The maximum atomic E-state index is 12.7. The summed E-state index contributed by atoms with van der Waals surface area (Å²) in [4.78, 5) is 12.3. The molecule has 108 valence electrons. The molecule has 5 nitrogen and oxygen atoms in total. The van der Waals surface area contributed by atoms with Crippen LogP contribution < -0.4 is 0 Å². The van der Waals surface area contributed by atoms with Gasteiger partial charge in [-0.2, -0.15) is 18.0 Å². The lowest BCUT2D eigenvalue weighted by Crippen LogP contribution is -2.15. The Morgan fingerprint density at radius 1 is 1.26 bits per heavy atom. The topological polar surface area (TPSA) is 57.0 Å². The minimum absolute atomic E-state index is 0.0151. The van der Waals surface area contributed by atoms with E-state index in [1.54, 1.807) is 0 Å². The third-order valence-electron chi connectivity index (χ3n) is 2.35. The highest BCUT2D eigenvalue weighted by Gasteiger charge is 2.41. The van der Waals surface area contributed by atoms with Gasteiger partial charge in [0.2, 0.25) is 11.4 Å². The molecule has 0 saturated carbocycles. The summed E-state index contributed by atoms with van der Waals surface area (Å²) in [5.74, 6) is -1.10. The van der Waals surface area contributed by atoms with Crippen LogP contribution >= 0.6 is 0 Å². The van der Waals surface area contributed by atoms with Gasteiger partial charge in [-0.25, -0.2) is 4.79 Å². The number of carbonyl (C=O) groups is 1. The van der Waals surface area contributed by atoms with Gasteiger partial charge in [-0.05, 0) is 13.3 Å². The second-order valence-electron chi connectivity index (χ2n) is 3.92. The predicted molar refractivity (Wildman–Crippen MR) is 60.5 cm³/mol. The number of halogens is 3. The molecule has 8 heteroatoms. The number of ether oxygens (including phenoxy) is 1. The number of nitrogens with zero attached hydrogens (tertiary/aromatic N) is 3. The average Bonchev–Trinajstić information content (AvgIpc) is 2.74. The van der Waals surface area contributed by atoms with Crippen molar-refractivity contribution in [2.75, 3.05) is 6.61 Å². The molecular weight excluding hydrogens is 263 g/mol. The fraction of sp³-hybridized carbons (Fsp3) is 0.727. The summed E-state index contributed by atoms with van der Waals surface area (Å²) in [6.07, 6.45) is -2.27. The average molecular weight is 279 g/mol. The largest absolute Gasteiger partial charge is 0.461 e. The van der Waals surface area contributed by atoms with Crippen LogP contribution in [0.15, 0.2) is 0 Å². The van der Waals surface area contributed by atoms with Gasteiger partial charge in [-0.3, -0.25) is 0 Å². The second kappa shape index (κ2) is 6.53. The third kappa shape index (κ3) is 4.22. The van der Waals surface area contributed by atoms with Crippen molar-refractivity contribution in [2.45, 2.75) is 45.8 Å². The molecular formula is C11H16F3N3O2. The Kier molecular flexibility index (Phi) is 5.31. The van der Waals surface area contributed by atoms with Crippen molar-refractivity contribution in [1.82, 2.24) is 15.0 Å². The lowest BCUT2D eigenvalue weighted by molar-refractivity contribution is -0.142. The first kappa shape index (κ1) is 15.5. The number of aryl methyl sites for hydroxylation is 1. The summed E-state index contributed by atoms with van der Waals surface area (Å²) in [6.45, 7) is 3.72. The number of hydrogen-bond donors (Lipinski definition) is 0. The Hall–Kier alpha value is -1.60. The monoisotopic (exact) mass is 279 g/mol. The van der Waals surface area contributed by atoms with Gasteiger partial charge in [0.25, 0.3) is 0 Å². The van der Waals surface area contributed by atoms with Gasteiger partial charge in [-0.15, -0.1) is 10.2 Å². The zero-order chi connectivity index (χ0) is 14.5. The molecule has 0 aliphatic heterocycles. The molecule has 1 rings (SSSR count). The molecule has 0 aromatic carbocycles. The number of aromatic nitrogens is 3. The van der Waals surface area contributed by atoms with Gasteiger partial charge in [0, 0.05) is 0 Å². The second-order valence-corrected chi connectivity index (χ2v) is 3.92. The van der Waals surface area contributed by atoms with E-state index in [1.165, 1.54) is 6.92 Å². The maximum absolute atomic E-state index is 12.7. The fourth-order valence-electron chi connectivity index (χ4n) is 1.48. The van der Waals surface area contributed by atoms with Crippen molar-refractivity contribution in [3.63, 3.8) is 0 Å². The van der Waals surface area contributed by atoms with Gasteiger partial charge in [0.05, 0.1) is 13.2 Å². The highest BCUT2D eigenvalue weighted by Crippen LogP contribution is 2.30. The van der Waals surface area contributed by atoms with Gasteiger partial charge in [0.15, 0.2) is 0 Å². The molecule has 1 aromatic heterocycles. The van der Waals surface area contributed by atoms with E-state index in [0.29, 0.717) is 6.42 Å². The molecule has 0 fully saturated rings. The van der Waals surface area contributed by atoms with E-state index < -0.39 is 23.5 Å². The van der Waals surface area contributed by atoms with Crippen molar-refractivity contribution in [3.05, 3.63) is 11.4 Å². The fourth-order valence-corrected chi connectivity index (χ4v) is 1.48. The molecule has 0 aliphatic carbocycles. The maximum Gasteiger partial charge on any atom is 0.437 e. The van der Waals surface area contributed by atoms with Crippen LogP contribution in [0.1, 0.15) is 49.3 Å². The number of carbonyl (C=O) groups excluding carboxylic acids is 1. The lowest BCUT2D eigenvalue weighted by atomic mass is 10.2. The molecule has 19 heavy (non-hydrogen) atoms. The Morgan fingerprint density at radius 3 is 2.47 bits per heavy atom. The molecule has 0 atom stereocenters. The number of alkyl halides is 3. The first-order valence-electron chi connectivity index (χ1n) is 6.09. The molecule has 0 unspecified atom stereocenters. The number of unbranched alkanes of at least 4 members (excludes halogenated alkanes) is 2. The van der Waals surface area contributed by atoms with Crippen molar-refractivity contribution in [2.24, 2.45) is 0 Å². The zero-order valence-electron chi connectivity index (χ0n) is 10.8. The van der Waals surface area contributed by atoms with E-state index in [1.807, 2.05) is 6.92 Å². The van der Waals surface area contributed by atoms with Gasteiger partial charge < -0.3 is 4.74 Å². The van der Waals surface area contributed by atoms with E-state index in [2.05, 4.69) is 14.9 Å². The van der Waals surface area contributed by atoms with Crippen LogP contribution in [0.4, 0.5) is 13.2 Å². The molecule has 0 spiro atoms. The first-order chi connectivity index (χ1) is 8.90. The lowest BCUT2D eigenvalue weighted by Gasteiger charge is -2.03. The normalized spacial score (nSPS) is 11.6. The summed E-state index contributed by atoms with van der Waals surface area (Å²) in [7, 11) is 0. The number of esters is 1. The Morgan fingerprint density at radius 2 is 1.95 bits per heavy atom. The Labute approximate surface area is 108 Å². The first-order valence-corrected chi connectivity index (χ1v) is 6.09. The summed E-state index contributed by atoms with van der Waals surface area (Å²) < 4.78 is 42.7. The van der Waals surface area contributed by atoms with Gasteiger partial charge in [0.1, 0.15) is 0 Å². The molecule has 1 heterocycles. The standard InChI is InChI=1S/C11H16F3N3O2/c1-3-5-6-7-17-15-8(10(18)19-4-2)9(16-17)11(12,13)14/h3-7H2,1-2H3. The summed E-state index contributed by atoms with van der Waals surface area (Å²) in [5.41, 5.74) is -2.06. The number of rotatable bonds is 6. The highest BCUT2D eigenvalue weighted by molar-refractivity contribution is 5.88. The summed E-state index contributed by atoms with van der Waals surface area (Å²) in [6, 6.07) is 0. The van der Waals surface area contributed by atoms with Crippen LogP contribution in [-0.2, 0) is 17.5 Å². The van der Waals surface area contributed by atoms with Crippen LogP contribution in [0, 0.1) is 0 Å². The molecule has 1 aromatic rings. The quantitative estimate of drug-likeness (QED) is 0.593. The molecule has 0 N–H and O–H groups in total. The molecule has 0 bridgehead atoms. The SMILES string of the molecule is CCCCCn1nc(C(=O)OCC)c(C(F)(F)F)n1. The van der Waals surface area contributed by atoms with E-state index >= 15 is 0 Å². The number of hydrogen-bond acceptors (Lipinski definition) is 4. The minimum Gasteiger partial charge on any atom is -0.461 e. The van der Waals surface area contributed by atoms with E-state index in [4.69, 9.17) is 0 Å². The summed E-state index contributed by atoms with van der Waals surface area (Å²) in [5, 5.41) is 6.91. The van der Waals surface area contributed by atoms with Gasteiger partial charge in [-0.1, -0.05) is 19.8 Å². The van der Waals surface area contributed by atoms with Crippen molar-refractivity contribution >= 4 is 5.97 Å².